The molecule has 0 saturated heterocycles. The Morgan fingerprint density at radius 2 is 1.38 bits per heavy atom. The van der Waals surface area contributed by atoms with E-state index >= 15 is 0 Å². The van der Waals surface area contributed by atoms with Crippen LogP contribution in [0.2, 0.25) is 0 Å². The number of rotatable bonds is 5. The van der Waals surface area contributed by atoms with E-state index in [9.17, 15) is 8.42 Å². The van der Waals surface area contributed by atoms with Crippen molar-refractivity contribution < 1.29 is 8.42 Å². The van der Waals surface area contributed by atoms with Gasteiger partial charge in [-0.05, 0) is 87.8 Å². The summed E-state index contributed by atoms with van der Waals surface area (Å²) in [6.45, 7) is 19.0. The lowest BCUT2D eigenvalue weighted by molar-refractivity contribution is 0.287. The molecule has 0 N–H and O–H groups in total. The van der Waals surface area contributed by atoms with Crippen LogP contribution >= 0.6 is 0 Å². The van der Waals surface area contributed by atoms with Crippen LogP contribution in [0.5, 0.6) is 0 Å². The van der Waals surface area contributed by atoms with E-state index in [0.717, 1.165) is 45.4 Å². The number of sulfonamides is 1. The number of hydrogen-bond donors (Lipinski definition) is 0. The van der Waals surface area contributed by atoms with Gasteiger partial charge in [0.25, 0.3) is 10.0 Å². The highest BCUT2D eigenvalue weighted by molar-refractivity contribution is 7.89. The quantitative estimate of drug-likeness (QED) is 0.349. The SMILES string of the molecule is Cc1ccc(S(=O)(=O)N2C(=NC(C)(C)CC(C)(C)C)c3ccccc3C2c2c(C)cc(C)cc2C)cc1. The molecule has 3 aromatic rings. The van der Waals surface area contributed by atoms with Crippen LogP contribution in [0.1, 0.15) is 86.0 Å². The second kappa shape index (κ2) is 9.43. The number of aryl methyl sites for hydroxylation is 4. The molecule has 1 aliphatic rings. The van der Waals surface area contributed by atoms with E-state index in [0.29, 0.717) is 5.84 Å². The van der Waals surface area contributed by atoms with Crippen molar-refractivity contribution in [1.29, 1.82) is 0 Å². The Morgan fingerprint density at radius 3 is 1.95 bits per heavy atom. The van der Waals surface area contributed by atoms with Gasteiger partial charge in [0, 0.05) is 5.56 Å². The minimum Gasteiger partial charge on any atom is -0.261 e. The zero-order valence-corrected chi connectivity index (χ0v) is 24.5. The molecule has 5 heteroatoms. The Morgan fingerprint density at radius 1 is 0.811 bits per heavy atom. The summed E-state index contributed by atoms with van der Waals surface area (Å²) in [6, 6.07) is 18.9. The van der Waals surface area contributed by atoms with Gasteiger partial charge < -0.3 is 0 Å². The lowest BCUT2D eigenvalue weighted by Gasteiger charge is -2.33. The number of aliphatic imine (C=N–C) groups is 1. The van der Waals surface area contributed by atoms with Crippen molar-refractivity contribution in [3.63, 3.8) is 0 Å². The predicted molar refractivity (Wildman–Crippen MR) is 154 cm³/mol. The minimum atomic E-state index is -3.93. The first kappa shape index (κ1) is 27.1. The van der Waals surface area contributed by atoms with Crippen molar-refractivity contribution in [2.75, 3.05) is 0 Å². The third-order valence-electron chi connectivity index (χ3n) is 6.90. The van der Waals surface area contributed by atoms with E-state index in [1.54, 1.807) is 16.4 Å². The van der Waals surface area contributed by atoms with Crippen LogP contribution in [-0.2, 0) is 10.0 Å². The Kier molecular flexibility index (Phi) is 6.91. The highest BCUT2D eigenvalue weighted by Gasteiger charge is 2.45. The van der Waals surface area contributed by atoms with E-state index in [2.05, 4.69) is 73.6 Å². The second-order valence-electron chi connectivity index (χ2n) is 12.4. The van der Waals surface area contributed by atoms with E-state index in [1.165, 1.54) is 0 Å². The van der Waals surface area contributed by atoms with E-state index in [1.807, 2.05) is 37.3 Å². The average Bonchev–Trinajstić information content (AvgIpc) is 3.06. The fourth-order valence-corrected chi connectivity index (χ4v) is 7.58. The normalized spacial score (nSPS) is 17.4. The van der Waals surface area contributed by atoms with Crippen LogP contribution in [0, 0.1) is 33.1 Å². The van der Waals surface area contributed by atoms with Crippen LogP contribution in [0.25, 0.3) is 0 Å². The maximum absolute atomic E-state index is 14.5. The van der Waals surface area contributed by atoms with Crippen LogP contribution in [0.3, 0.4) is 0 Å². The summed E-state index contributed by atoms with van der Waals surface area (Å²) in [6.07, 6.45) is 0.817. The summed E-state index contributed by atoms with van der Waals surface area (Å²) >= 11 is 0. The fraction of sp³-hybridized carbons (Fsp3) is 0.406. The molecule has 0 aromatic heterocycles. The number of amidine groups is 1. The first-order valence-corrected chi connectivity index (χ1v) is 14.4. The molecule has 0 aliphatic carbocycles. The summed E-state index contributed by atoms with van der Waals surface area (Å²) in [5.41, 5.74) is 6.79. The fourth-order valence-electron chi connectivity index (χ4n) is 6.01. The third-order valence-corrected chi connectivity index (χ3v) is 8.67. The second-order valence-corrected chi connectivity index (χ2v) is 14.2. The highest BCUT2D eigenvalue weighted by Crippen LogP contribution is 2.45. The lowest BCUT2D eigenvalue weighted by Crippen LogP contribution is -2.38. The molecular weight excluding hydrogens is 476 g/mol. The first-order valence-electron chi connectivity index (χ1n) is 13.0. The molecule has 0 saturated carbocycles. The van der Waals surface area contributed by atoms with Crippen molar-refractivity contribution in [3.05, 3.63) is 99.6 Å². The summed E-state index contributed by atoms with van der Waals surface area (Å²) in [7, 11) is -3.93. The summed E-state index contributed by atoms with van der Waals surface area (Å²) in [4.78, 5) is 5.52. The van der Waals surface area contributed by atoms with Gasteiger partial charge in [-0.2, -0.15) is 0 Å². The number of nitrogens with zero attached hydrogens (tertiary/aromatic N) is 2. The molecule has 4 nitrogen and oxygen atoms in total. The van der Waals surface area contributed by atoms with Gasteiger partial charge in [0.2, 0.25) is 0 Å². The van der Waals surface area contributed by atoms with Crippen LogP contribution in [-0.4, -0.2) is 24.1 Å². The highest BCUT2D eigenvalue weighted by atomic mass is 32.2. The molecule has 196 valence electrons. The van der Waals surface area contributed by atoms with Gasteiger partial charge in [-0.15, -0.1) is 0 Å². The van der Waals surface area contributed by atoms with Gasteiger partial charge in [0.1, 0.15) is 5.84 Å². The standard InChI is InChI=1S/C32H40N2O2S/c1-21-14-16-25(17-15-21)37(35,36)34-29(28-23(3)18-22(2)19-24(28)4)26-12-10-11-13-27(26)30(34)33-32(8,9)20-31(5,6)7/h10-19,29H,20H2,1-9H3. The van der Waals surface area contributed by atoms with E-state index in [4.69, 9.17) is 4.99 Å². The molecule has 0 fully saturated rings. The largest absolute Gasteiger partial charge is 0.266 e. The molecule has 3 aromatic carbocycles. The lowest BCUT2D eigenvalue weighted by atomic mass is 9.82. The van der Waals surface area contributed by atoms with Crippen LogP contribution < -0.4 is 0 Å². The monoisotopic (exact) mass is 516 g/mol. The Hall–Kier alpha value is -2.92. The average molecular weight is 517 g/mol. The van der Waals surface area contributed by atoms with Crippen molar-refractivity contribution in [2.45, 2.75) is 85.2 Å². The molecule has 0 amide bonds. The van der Waals surface area contributed by atoms with Crippen LogP contribution in [0.15, 0.2) is 70.6 Å². The molecule has 1 aliphatic heterocycles. The zero-order valence-electron chi connectivity index (χ0n) is 23.7. The van der Waals surface area contributed by atoms with Crippen molar-refractivity contribution >= 4 is 15.9 Å². The summed E-state index contributed by atoms with van der Waals surface area (Å²) in [5.74, 6) is 0.523. The number of hydrogen-bond acceptors (Lipinski definition) is 3. The van der Waals surface area contributed by atoms with Crippen molar-refractivity contribution in [3.8, 4) is 0 Å². The van der Waals surface area contributed by atoms with E-state index in [-0.39, 0.29) is 10.3 Å². The Labute approximate surface area is 223 Å². The molecule has 0 bridgehead atoms. The van der Waals surface area contributed by atoms with Crippen molar-refractivity contribution in [1.82, 2.24) is 4.31 Å². The van der Waals surface area contributed by atoms with Gasteiger partial charge in [-0.3, -0.25) is 4.99 Å². The van der Waals surface area contributed by atoms with Gasteiger partial charge in [0.05, 0.1) is 16.5 Å². The molecule has 1 atom stereocenters. The van der Waals surface area contributed by atoms with Gasteiger partial charge in [0.15, 0.2) is 0 Å². The van der Waals surface area contributed by atoms with Gasteiger partial charge in [-0.1, -0.05) is 80.4 Å². The number of benzene rings is 3. The molecule has 37 heavy (non-hydrogen) atoms. The molecule has 1 unspecified atom stereocenters. The third kappa shape index (κ3) is 5.38. The zero-order chi connectivity index (χ0) is 27.3. The van der Waals surface area contributed by atoms with Gasteiger partial charge >= 0.3 is 0 Å². The Bertz CT molecular complexity index is 1440. The summed E-state index contributed by atoms with van der Waals surface area (Å²) < 4.78 is 30.6. The molecule has 1 heterocycles. The molecule has 0 radical (unpaired) electrons. The first-order chi connectivity index (χ1) is 17.1. The molecule has 0 spiro atoms. The smallest absolute Gasteiger partial charge is 0.261 e. The topological polar surface area (TPSA) is 49.7 Å². The predicted octanol–water partition coefficient (Wildman–Crippen LogP) is 7.68. The van der Waals surface area contributed by atoms with Crippen molar-refractivity contribution in [2.24, 2.45) is 10.4 Å². The minimum absolute atomic E-state index is 0.0376. The molecule has 4 rings (SSSR count). The Balaban J connectivity index is 2.05. The van der Waals surface area contributed by atoms with Crippen LogP contribution in [0.4, 0.5) is 0 Å². The maximum Gasteiger partial charge on any atom is 0.266 e. The van der Waals surface area contributed by atoms with E-state index < -0.39 is 21.6 Å². The molecular formula is C32H40N2O2S. The summed E-state index contributed by atoms with van der Waals surface area (Å²) in [5, 5.41) is 0. The number of fused-ring (bicyclic) bond motifs is 1. The van der Waals surface area contributed by atoms with Gasteiger partial charge in [-0.25, -0.2) is 12.7 Å². The maximum atomic E-state index is 14.5.